The van der Waals surface area contributed by atoms with E-state index in [2.05, 4.69) is 15.4 Å². The third-order valence-electron chi connectivity index (χ3n) is 4.26. The third kappa shape index (κ3) is 7.33. The Morgan fingerprint density at radius 2 is 2.03 bits per heavy atom. The van der Waals surface area contributed by atoms with E-state index < -0.39 is 11.7 Å². The van der Waals surface area contributed by atoms with Gasteiger partial charge in [0.05, 0.1) is 23.0 Å². The summed E-state index contributed by atoms with van der Waals surface area (Å²) in [4.78, 5) is 30.5. The maximum absolute atomic E-state index is 12.6. The Balaban J connectivity index is 1.87. The number of nitrogens with one attached hydrogen (secondary N) is 1. The van der Waals surface area contributed by atoms with Gasteiger partial charge >= 0.3 is 6.09 Å². The van der Waals surface area contributed by atoms with Crippen molar-refractivity contribution < 1.29 is 14.3 Å². The third-order valence-corrected chi connectivity index (χ3v) is 4.81. The van der Waals surface area contributed by atoms with E-state index in [0.717, 1.165) is 11.3 Å². The lowest BCUT2D eigenvalue weighted by Gasteiger charge is -2.27. The second-order valence-electron chi connectivity index (χ2n) is 8.11. The highest BCUT2D eigenvalue weighted by molar-refractivity contribution is 6.31. The van der Waals surface area contributed by atoms with Crippen molar-refractivity contribution in [2.45, 2.75) is 59.7 Å². The van der Waals surface area contributed by atoms with E-state index in [9.17, 15) is 9.59 Å². The van der Waals surface area contributed by atoms with E-state index in [0.29, 0.717) is 36.8 Å². The SMILES string of the molecule is Cc1nn(CC(=O)NCCCN(Cc2cccnc2)C(=O)OC(C)(C)C)c(C)c1Cl. The molecule has 0 aliphatic carbocycles. The van der Waals surface area contributed by atoms with Crippen molar-refractivity contribution in [1.29, 1.82) is 0 Å². The van der Waals surface area contributed by atoms with E-state index in [-0.39, 0.29) is 12.5 Å². The number of hydrogen-bond acceptors (Lipinski definition) is 5. The van der Waals surface area contributed by atoms with Gasteiger partial charge in [0, 0.05) is 25.5 Å². The lowest BCUT2D eigenvalue weighted by molar-refractivity contribution is -0.121. The molecule has 0 aliphatic rings. The fourth-order valence-corrected chi connectivity index (χ4v) is 2.93. The molecule has 0 radical (unpaired) electrons. The Hall–Kier alpha value is -2.61. The van der Waals surface area contributed by atoms with Crippen LogP contribution in [0.3, 0.4) is 0 Å². The number of pyridine rings is 1. The molecule has 9 heteroatoms. The molecule has 0 bridgehead atoms. The van der Waals surface area contributed by atoms with E-state index in [1.54, 1.807) is 28.9 Å². The van der Waals surface area contributed by atoms with E-state index >= 15 is 0 Å². The zero-order chi connectivity index (χ0) is 22.3. The first-order valence-electron chi connectivity index (χ1n) is 9.90. The van der Waals surface area contributed by atoms with E-state index in [4.69, 9.17) is 16.3 Å². The summed E-state index contributed by atoms with van der Waals surface area (Å²) in [6.45, 7) is 10.5. The molecule has 0 unspecified atom stereocenters. The zero-order valence-corrected chi connectivity index (χ0v) is 19.0. The molecule has 2 heterocycles. The lowest BCUT2D eigenvalue weighted by atomic mass is 10.2. The molecule has 30 heavy (non-hydrogen) atoms. The minimum Gasteiger partial charge on any atom is -0.444 e. The second-order valence-corrected chi connectivity index (χ2v) is 8.49. The molecule has 2 rings (SSSR count). The van der Waals surface area contributed by atoms with E-state index in [1.807, 2.05) is 39.8 Å². The van der Waals surface area contributed by atoms with E-state index in [1.165, 1.54) is 0 Å². The summed E-state index contributed by atoms with van der Waals surface area (Å²) < 4.78 is 7.10. The smallest absolute Gasteiger partial charge is 0.410 e. The van der Waals surface area contributed by atoms with Crippen LogP contribution >= 0.6 is 11.6 Å². The first kappa shape index (κ1) is 23.7. The number of amides is 2. The topological polar surface area (TPSA) is 89.4 Å². The van der Waals surface area contributed by atoms with Crippen molar-refractivity contribution in [3.8, 4) is 0 Å². The highest BCUT2D eigenvalue weighted by Crippen LogP contribution is 2.18. The highest BCUT2D eigenvalue weighted by Gasteiger charge is 2.22. The number of halogens is 1. The summed E-state index contributed by atoms with van der Waals surface area (Å²) >= 11 is 6.12. The molecular weight excluding hydrogens is 406 g/mol. The van der Waals surface area contributed by atoms with Crippen LogP contribution in [0.2, 0.25) is 5.02 Å². The van der Waals surface area contributed by atoms with Crippen molar-refractivity contribution in [2.75, 3.05) is 13.1 Å². The van der Waals surface area contributed by atoms with Gasteiger partial charge in [0.2, 0.25) is 5.91 Å². The largest absolute Gasteiger partial charge is 0.444 e. The van der Waals surface area contributed by atoms with Gasteiger partial charge in [-0.3, -0.25) is 14.5 Å². The average Bonchev–Trinajstić information content (AvgIpc) is 2.90. The Morgan fingerprint density at radius 1 is 1.30 bits per heavy atom. The zero-order valence-electron chi connectivity index (χ0n) is 18.2. The molecule has 2 amide bonds. The lowest BCUT2D eigenvalue weighted by Crippen LogP contribution is -2.38. The molecule has 2 aromatic heterocycles. The Morgan fingerprint density at radius 3 is 2.60 bits per heavy atom. The molecule has 0 spiro atoms. The molecule has 0 fully saturated rings. The maximum atomic E-state index is 12.6. The molecule has 1 N–H and O–H groups in total. The Labute approximate surface area is 182 Å². The first-order chi connectivity index (χ1) is 14.1. The number of carbonyl (C=O) groups is 2. The van der Waals surface area contributed by atoms with Crippen molar-refractivity contribution in [3.63, 3.8) is 0 Å². The monoisotopic (exact) mass is 435 g/mol. The van der Waals surface area contributed by atoms with Gasteiger partial charge in [-0.15, -0.1) is 0 Å². The minimum atomic E-state index is -0.584. The van der Waals surface area contributed by atoms with Crippen LogP contribution in [-0.4, -0.2) is 50.4 Å². The number of nitrogens with zero attached hydrogens (tertiary/aromatic N) is 4. The number of aromatic nitrogens is 3. The number of carbonyl (C=O) groups excluding carboxylic acids is 2. The molecule has 164 valence electrons. The number of hydrogen-bond donors (Lipinski definition) is 1. The quantitative estimate of drug-likeness (QED) is 0.641. The predicted octanol–water partition coefficient (Wildman–Crippen LogP) is 3.49. The number of ether oxygens (including phenoxy) is 1. The van der Waals surface area contributed by atoms with Crippen molar-refractivity contribution in [1.82, 2.24) is 25.0 Å². The summed E-state index contributed by atoms with van der Waals surface area (Å²) in [5, 5.41) is 7.69. The van der Waals surface area contributed by atoms with Crippen LogP contribution in [0, 0.1) is 13.8 Å². The fourth-order valence-electron chi connectivity index (χ4n) is 2.79. The summed E-state index contributed by atoms with van der Waals surface area (Å²) in [6, 6.07) is 3.74. The molecule has 8 nitrogen and oxygen atoms in total. The van der Waals surface area contributed by atoms with Crippen LogP contribution in [0.5, 0.6) is 0 Å². The van der Waals surface area contributed by atoms with Gasteiger partial charge in [-0.2, -0.15) is 5.10 Å². The molecule has 2 aromatic rings. The van der Waals surface area contributed by atoms with Crippen LogP contribution < -0.4 is 5.32 Å². The Bertz CT molecular complexity index is 862. The highest BCUT2D eigenvalue weighted by atomic mass is 35.5. The van der Waals surface area contributed by atoms with Crippen molar-refractivity contribution in [3.05, 3.63) is 46.5 Å². The fraction of sp³-hybridized carbons (Fsp3) is 0.524. The summed E-state index contributed by atoms with van der Waals surface area (Å²) in [5.41, 5.74) is 1.79. The predicted molar refractivity (Wildman–Crippen MR) is 115 cm³/mol. The molecule has 0 atom stereocenters. The minimum absolute atomic E-state index is 0.102. The van der Waals surface area contributed by atoms with Gasteiger partial charge < -0.3 is 15.0 Å². The van der Waals surface area contributed by atoms with Crippen LogP contribution in [0.4, 0.5) is 4.79 Å². The van der Waals surface area contributed by atoms with Gasteiger partial charge in [0.25, 0.3) is 0 Å². The van der Waals surface area contributed by atoms with Crippen molar-refractivity contribution >= 4 is 23.6 Å². The molecule has 0 saturated carbocycles. The Kier molecular flexibility index (Phi) is 8.23. The molecule has 0 saturated heterocycles. The van der Waals surface area contributed by atoms with Gasteiger partial charge in [0.15, 0.2) is 0 Å². The molecule has 0 aliphatic heterocycles. The van der Waals surface area contributed by atoms with Gasteiger partial charge in [-0.05, 0) is 52.7 Å². The average molecular weight is 436 g/mol. The van der Waals surface area contributed by atoms with Gasteiger partial charge in [0.1, 0.15) is 12.1 Å². The maximum Gasteiger partial charge on any atom is 0.410 e. The van der Waals surface area contributed by atoms with Gasteiger partial charge in [-0.1, -0.05) is 17.7 Å². The van der Waals surface area contributed by atoms with Crippen molar-refractivity contribution in [2.24, 2.45) is 0 Å². The normalized spacial score (nSPS) is 11.3. The van der Waals surface area contributed by atoms with Crippen LogP contribution in [0.15, 0.2) is 24.5 Å². The van der Waals surface area contributed by atoms with Crippen LogP contribution in [0.1, 0.15) is 44.1 Å². The first-order valence-corrected chi connectivity index (χ1v) is 10.3. The second kappa shape index (κ2) is 10.4. The standard InChI is InChI=1S/C21H30ClN5O3/c1-15-19(22)16(2)27(25-15)14-18(28)24-10-7-11-26(20(29)30-21(3,4)5)13-17-8-6-9-23-12-17/h6,8-9,12H,7,10-11,13-14H2,1-5H3,(H,24,28). The number of aryl methyl sites for hydroxylation is 1. The summed E-state index contributed by atoms with van der Waals surface area (Å²) in [7, 11) is 0. The van der Waals surface area contributed by atoms with Gasteiger partial charge in [-0.25, -0.2) is 4.79 Å². The molecular formula is C21H30ClN5O3. The van der Waals surface area contributed by atoms with Crippen LogP contribution in [0.25, 0.3) is 0 Å². The summed E-state index contributed by atoms with van der Waals surface area (Å²) in [6.07, 6.45) is 3.60. The molecule has 0 aromatic carbocycles. The van der Waals surface area contributed by atoms with Crippen LogP contribution in [-0.2, 0) is 22.6 Å². The number of rotatable bonds is 8. The summed E-state index contributed by atoms with van der Waals surface area (Å²) in [5.74, 6) is -0.159.